The average Bonchev–Trinajstić information content (AvgIpc) is 2.28. The van der Waals surface area contributed by atoms with Crippen molar-refractivity contribution in [2.24, 2.45) is 5.92 Å². The zero-order valence-corrected chi connectivity index (χ0v) is 10.0. The third-order valence-corrected chi connectivity index (χ3v) is 2.95. The van der Waals surface area contributed by atoms with Crippen LogP contribution in [0.3, 0.4) is 0 Å². The van der Waals surface area contributed by atoms with Crippen LogP contribution in [0.4, 0.5) is 0 Å². The molecule has 2 atom stereocenters. The van der Waals surface area contributed by atoms with Crippen molar-refractivity contribution < 1.29 is 9.59 Å². The Kier molecular flexibility index (Phi) is 5.42. The average molecular weight is 227 g/mol. The molecule has 0 aromatic rings. The number of rotatable bonds is 6. The zero-order chi connectivity index (χ0) is 12.0. The number of hydrogen-bond donors (Lipinski definition) is 3. The van der Waals surface area contributed by atoms with E-state index >= 15 is 0 Å². The van der Waals surface area contributed by atoms with Crippen molar-refractivity contribution in [3.63, 3.8) is 0 Å². The molecule has 0 aliphatic carbocycles. The van der Waals surface area contributed by atoms with E-state index < -0.39 is 0 Å². The van der Waals surface area contributed by atoms with E-state index in [4.69, 9.17) is 0 Å². The van der Waals surface area contributed by atoms with Crippen LogP contribution in [0.15, 0.2) is 0 Å². The maximum atomic E-state index is 11.8. The van der Waals surface area contributed by atoms with Gasteiger partial charge in [0.25, 0.3) is 0 Å². The molecule has 0 spiro atoms. The van der Waals surface area contributed by atoms with E-state index in [2.05, 4.69) is 16.0 Å². The molecule has 5 heteroatoms. The first-order valence-corrected chi connectivity index (χ1v) is 5.81. The molecule has 1 amide bonds. The van der Waals surface area contributed by atoms with Crippen LogP contribution in [-0.4, -0.2) is 44.9 Å². The molecule has 0 radical (unpaired) electrons. The molecule has 0 aromatic heterocycles. The normalized spacial score (nSPS) is 25.6. The summed E-state index contributed by atoms with van der Waals surface area (Å²) in [5.41, 5.74) is 0. The van der Waals surface area contributed by atoms with Crippen LogP contribution < -0.4 is 16.0 Å². The van der Waals surface area contributed by atoms with E-state index in [9.17, 15) is 9.59 Å². The third-order valence-electron chi connectivity index (χ3n) is 2.95. The van der Waals surface area contributed by atoms with Crippen LogP contribution in [0, 0.1) is 5.92 Å². The summed E-state index contributed by atoms with van der Waals surface area (Å²) in [5, 5.41) is 8.78. The van der Waals surface area contributed by atoms with E-state index in [1.54, 1.807) is 0 Å². The van der Waals surface area contributed by atoms with Gasteiger partial charge in [0.2, 0.25) is 5.91 Å². The van der Waals surface area contributed by atoms with Gasteiger partial charge in [0.05, 0.1) is 6.04 Å². The molecular formula is C11H21N3O2. The van der Waals surface area contributed by atoms with Crippen LogP contribution in [-0.2, 0) is 9.59 Å². The van der Waals surface area contributed by atoms with Crippen molar-refractivity contribution in [2.75, 3.05) is 27.2 Å². The van der Waals surface area contributed by atoms with Crippen molar-refractivity contribution in [1.82, 2.24) is 16.0 Å². The molecule has 3 N–H and O–H groups in total. The Morgan fingerprint density at radius 1 is 1.19 bits per heavy atom. The number of amides is 1. The van der Waals surface area contributed by atoms with Crippen LogP contribution in [0.5, 0.6) is 0 Å². The van der Waals surface area contributed by atoms with E-state index in [0.29, 0.717) is 12.8 Å². The Labute approximate surface area is 96.4 Å². The number of hydrogen-bond acceptors (Lipinski definition) is 4. The zero-order valence-electron chi connectivity index (χ0n) is 10.0. The molecule has 1 saturated heterocycles. The molecule has 0 saturated carbocycles. The fourth-order valence-corrected chi connectivity index (χ4v) is 1.92. The van der Waals surface area contributed by atoms with Gasteiger partial charge in [0, 0.05) is 12.3 Å². The molecule has 1 aliphatic rings. The molecule has 1 rings (SSSR count). The SMILES string of the molecule is CNCCC1CC(=O)C(CCNC)NC1=O. The van der Waals surface area contributed by atoms with Crippen LogP contribution in [0.1, 0.15) is 19.3 Å². The van der Waals surface area contributed by atoms with Crippen LogP contribution >= 0.6 is 0 Å². The molecule has 16 heavy (non-hydrogen) atoms. The standard InChI is InChI=1S/C11H21N3O2/c1-12-5-3-8-7-10(15)9(4-6-13-2)14-11(8)16/h8-9,12-13H,3-7H2,1-2H3,(H,14,16). The predicted octanol–water partition coefficient (Wildman–Crippen LogP) is -0.721. The lowest BCUT2D eigenvalue weighted by Gasteiger charge is -2.28. The van der Waals surface area contributed by atoms with Gasteiger partial charge in [-0.1, -0.05) is 0 Å². The second-order valence-corrected chi connectivity index (χ2v) is 4.21. The first-order valence-electron chi connectivity index (χ1n) is 5.81. The highest BCUT2D eigenvalue weighted by Gasteiger charge is 2.33. The number of Topliss-reactive ketones (excluding diaryl/α,β-unsaturated/α-hetero) is 1. The van der Waals surface area contributed by atoms with Gasteiger partial charge in [-0.3, -0.25) is 9.59 Å². The fraction of sp³-hybridized carbons (Fsp3) is 0.818. The highest BCUT2D eigenvalue weighted by atomic mass is 16.2. The summed E-state index contributed by atoms with van der Waals surface area (Å²) in [6, 6.07) is -0.286. The van der Waals surface area contributed by atoms with Gasteiger partial charge >= 0.3 is 0 Å². The molecule has 1 aliphatic heterocycles. The third kappa shape index (κ3) is 3.57. The monoisotopic (exact) mass is 227 g/mol. The van der Waals surface area contributed by atoms with Crippen LogP contribution in [0.25, 0.3) is 0 Å². The van der Waals surface area contributed by atoms with Gasteiger partial charge in [0.1, 0.15) is 0 Å². The van der Waals surface area contributed by atoms with Crippen molar-refractivity contribution >= 4 is 11.7 Å². The molecule has 5 nitrogen and oxygen atoms in total. The summed E-state index contributed by atoms with van der Waals surface area (Å²) >= 11 is 0. The van der Waals surface area contributed by atoms with Gasteiger partial charge in [-0.05, 0) is 40.0 Å². The number of nitrogens with one attached hydrogen (secondary N) is 3. The molecule has 0 bridgehead atoms. The summed E-state index contributed by atoms with van der Waals surface area (Å²) in [6.45, 7) is 1.52. The Hall–Kier alpha value is -0.940. The lowest BCUT2D eigenvalue weighted by molar-refractivity contribution is -0.137. The second kappa shape index (κ2) is 6.60. The number of carbonyl (C=O) groups is 2. The van der Waals surface area contributed by atoms with E-state index in [1.165, 1.54) is 0 Å². The topological polar surface area (TPSA) is 70.2 Å². The molecular weight excluding hydrogens is 206 g/mol. The van der Waals surface area contributed by atoms with Gasteiger partial charge in [-0.2, -0.15) is 0 Å². The van der Waals surface area contributed by atoms with Crippen molar-refractivity contribution in [3.05, 3.63) is 0 Å². The van der Waals surface area contributed by atoms with E-state index in [-0.39, 0.29) is 23.7 Å². The van der Waals surface area contributed by atoms with Gasteiger partial charge < -0.3 is 16.0 Å². The molecule has 1 heterocycles. The molecule has 0 aromatic carbocycles. The molecule has 1 fully saturated rings. The highest BCUT2D eigenvalue weighted by molar-refractivity contribution is 5.96. The van der Waals surface area contributed by atoms with Gasteiger partial charge in [-0.15, -0.1) is 0 Å². The van der Waals surface area contributed by atoms with Gasteiger partial charge in [-0.25, -0.2) is 0 Å². The van der Waals surface area contributed by atoms with Crippen molar-refractivity contribution in [3.8, 4) is 0 Å². The number of carbonyl (C=O) groups excluding carboxylic acids is 2. The Balaban J connectivity index is 2.43. The Morgan fingerprint density at radius 2 is 1.81 bits per heavy atom. The Bertz CT molecular complexity index is 230. The van der Waals surface area contributed by atoms with Crippen LogP contribution in [0.2, 0.25) is 0 Å². The lowest BCUT2D eigenvalue weighted by Crippen LogP contribution is -2.51. The summed E-state index contributed by atoms with van der Waals surface area (Å²) in [7, 11) is 3.68. The summed E-state index contributed by atoms with van der Waals surface area (Å²) in [6.07, 6.45) is 1.80. The fourth-order valence-electron chi connectivity index (χ4n) is 1.92. The largest absolute Gasteiger partial charge is 0.346 e. The minimum atomic E-state index is -0.286. The lowest BCUT2D eigenvalue weighted by atomic mass is 9.89. The Morgan fingerprint density at radius 3 is 2.44 bits per heavy atom. The van der Waals surface area contributed by atoms with Crippen molar-refractivity contribution in [1.29, 1.82) is 0 Å². The predicted molar refractivity (Wildman–Crippen MR) is 62.1 cm³/mol. The molecule has 2 unspecified atom stereocenters. The minimum Gasteiger partial charge on any atom is -0.346 e. The maximum Gasteiger partial charge on any atom is 0.224 e. The summed E-state index contributed by atoms with van der Waals surface area (Å²) in [5.74, 6) is 0.0395. The first-order chi connectivity index (χ1) is 7.69. The second-order valence-electron chi connectivity index (χ2n) is 4.21. The summed E-state index contributed by atoms with van der Waals surface area (Å²) < 4.78 is 0. The van der Waals surface area contributed by atoms with E-state index in [1.807, 2.05) is 14.1 Å². The van der Waals surface area contributed by atoms with E-state index in [0.717, 1.165) is 19.5 Å². The highest BCUT2D eigenvalue weighted by Crippen LogP contribution is 2.17. The first kappa shape index (κ1) is 13.1. The smallest absolute Gasteiger partial charge is 0.224 e. The quantitative estimate of drug-likeness (QED) is 0.560. The molecule has 92 valence electrons. The minimum absolute atomic E-state index is 0.0240. The maximum absolute atomic E-state index is 11.8. The number of piperidine rings is 1. The summed E-state index contributed by atoms with van der Waals surface area (Å²) in [4.78, 5) is 23.5. The van der Waals surface area contributed by atoms with Gasteiger partial charge in [0.15, 0.2) is 5.78 Å². The number of ketones is 1. The van der Waals surface area contributed by atoms with Crippen molar-refractivity contribution in [2.45, 2.75) is 25.3 Å².